The molecule has 1 heterocycles. The molecule has 0 aromatic carbocycles. The second-order valence-corrected chi connectivity index (χ2v) is 2.99. The maximum absolute atomic E-state index is 11.2. The molecule has 0 spiro atoms. The van der Waals surface area contributed by atoms with Crippen molar-refractivity contribution in [1.29, 1.82) is 0 Å². The van der Waals surface area contributed by atoms with Gasteiger partial charge in [0, 0.05) is 18.7 Å². The fraction of sp³-hybridized carbons (Fsp3) is 0.444. The summed E-state index contributed by atoms with van der Waals surface area (Å²) in [6, 6.07) is 2.42. The van der Waals surface area contributed by atoms with Crippen LogP contribution in [0, 0.1) is 0 Å². The molecule has 0 aliphatic carbocycles. The van der Waals surface area contributed by atoms with Gasteiger partial charge in [-0.25, -0.2) is 4.79 Å². The van der Waals surface area contributed by atoms with E-state index < -0.39 is 5.97 Å². The van der Waals surface area contributed by atoms with Gasteiger partial charge in [0.1, 0.15) is 0 Å². The van der Waals surface area contributed by atoms with E-state index in [0.29, 0.717) is 17.8 Å². The van der Waals surface area contributed by atoms with E-state index in [2.05, 4.69) is 4.84 Å². The topological polar surface area (TPSA) is 107 Å². The molecule has 90 valence electrons. The van der Waals surface area contributed by atoms with Crippen molar-refractivity contribution in [2.75, 3.05) is 13.3 Å². The van der Waals surface area contributed by atoms with Crippen LogP contribution in [-0.2, 0) is 9.53 Å². The van der Waals surface area contributed by atoms with Crippen LogP contribution >= 0.6 is 0 Å². The average Bonchev–Trinajstić information content (AvgIpc) is 2.56. The molecular weight excluding hydrogens is 216 g/mol. The molecule has 1 aromatic rings. The number of nitrogens with zero attached hydrogens (tertiary/aromatic N) is 1. The summed E-state index contributed by atoms with van der Waals surface area (Å²) in [5.41, 5.74) is 5.09. The number of aromatic nitrogens is 1. The minimum Gasteiger partial charge on any atom is -0.492 e. The molecule has 0 radical (unpaired) electrons. The van der Waals surface area contributed by atoms with Crippen molar-refractivity contribution in [3.05, 3.63) is 12.1 Å². The Morgan fingerprint density at radius 3 is 2.56 bits per heavy atom. The monoisotopic (exact) mass is 230 g/mol. The Labute approximate surface area is 91.9 Å². The number of carbonyl (C=O) groups is 1. The SMILES string of the molecule is NCOCCCC(=O)On1c(O)ccc1O. The first kappa shape index (κ1) is 12.3. The van der Waals surface area contributed by atoms with E-state index in [-0.39, 0.29) is 24.9 Å². The predicted molar refractivity (Wildman–Crippen MR) is 53.6 cm³/mol. The maximum Gasteiger partial charge on any atom is 0.333 e. The minimum atomic E-state index is -0.581. The van der Waals surface area contributed by atoms with Gasteiger partial charge in [0.15, 0.2) is 0 Å². The fourth-order valence-electron chi connectivity index (χ4n) is 1.04. The second-order valence-electron chi connectivity index (χ2n) is 2.99. The molecule has 0 amide bonds. The predicted octanol–water partition coefficient (Wildman–Crippen LogP) is -0.433. The molecule has 0 aliphatic heterocycles. The van der Waals surface area contributed by atoms with Crippen molar-refractivity contribution >= 4 is 5.97 Å². The summed E-state index contributed by atoms with van der Waals surface area (Å²) in [6.45, 7) is 0.462. The van der Waals surface area contributed by atoms with Gasteiger partial charge in [-0.3, -0.25) is 0 Å². The lowest BCUT2D eigenvalue weighted by Crippen LogP contribution is -2.19. The molecule has 0 saturated carbocycles. The number of hydrogen-bond donors (Lipinski definition) is 3. The average molecular weight is 230 g/mol. The maximum atomic E-state index is 11.2. The van der Waals surface area contributed by atoms with Crippen molar-refractivity contribution in [2.45, 2.75) is 12.8 Å². The van der Waals surface area contributed by atoms with Crippen molar-refractivity contribution in [3.8, 4) is 11.8 Å². The highest BCUT2D eigenvalue weighted by Gasteiger charge is 2.11. The Kier molecular flexibility index (Phi) is 4.62. The zero-order valence-electron chi connectivity index (χ0n) is 8.63. The van der Waals surface area contributed by atoms with Gasteiger partial charge >= 0.3 is 5.97 Å². The molecule has 0 aliphatic rings. The smallest absolute Gasteiger partial charge is 0.333 e. The quantitative estimate of drug-likeness (QED) is 0.452. The third kappa shape index (κ3) is 3.44. The van der Waals surface area contributed by atoms with Crippen LogP contribution in [0.4, 0.5) is 0 Å². The fourth-order valence-corrected chi connectivity index (χ4v) is 1.04. The summed E-state index contributed by atoms with van der Waals surface area (Å²) in [5, 5.41) is 18.3. The van der Waals surface area contributed by atoms with Gasteiger partial charge in [0.25, 0.3) is 0 Å². The van der Waals surface area contributed by atoms with E-state index in [1.165, 1.54) is 12.1 Å². The third-order valence-corrected chi connectivity index (χ3v) is 1.78. The van der Waals surface area contributed by atoms with E-state index in [1.54, 1.807) is 0 Å². The van der Waals surface area contributed by atoms with Crippen molar-refractivity contribution in [2.24, 2.45) is 5.73 Å². The third-order valence-electron chi connectivity index (χ3n) is 1.78. The molecule has 0 bridgehead atoms. The van der Waals surface area contributed by atoms with Gasteiger partial charge in [-0.1, -0.05) is 0 Å². The summed E-state index contributed by atoms with van der Waals surface area (Å²) < 4.78 is 5.48. The molecule has 1 aromatic heterocycles. The van der Waals surface area contributed by atoms with Gasteiger partial charge in [0.05, 0.1) is 13.2 Å². The number of ether oxygens (including phenoxy) is 1. The summed E-state index contributed by atoms with van der Waals surface area (Å²) in [4.78, 5) is 15.9. The summed E-state index contributed by atoms with van der Waals surface area (Å²) in [6.07, 6.45) is 0.565. The first-order chi connectivity index (χ1) is 7.65. The van der Waals surface area contributed by atoms with E-state index >= 15 is 0 Å². The van der Waals surface area contributed by atoms with Crippen molar-refractivity contribution in [1.82, 2.24) is 4.73 Å². The molecule has 0 atom stereocenters. The lowest BCUT2D eigenvalue weighted by Gasteiger charge is -2.06. The number of nitrogens with two attached hydrogens (primary N) is 1. The highest BCUT2D eigenvalue weighted by atomic mass is 16.7. The molecular formula is C9H14N2O5. The van der Waals surface area contributed by atoms with Crippen LogP contribution in [0.3, 0.4) is 0 Å². The molecule has 1 rings (SSSR count). The number of carbonyl (C=O) groups excluding carboxylic acids is 1. The van der Waals surface area contributed by atoms with E-state index in [0.717, 1.165) is 0 Å². The molecule has 0 saturated heterocycles. The van der Waals surface area contributed by atoms with Crippen LogP contribution < -0.4 is 10.6 Å². The molecule has 4 N–H and O–H groups in total. The van der Waals surface area contributed by atoms with E-state index in [4.69, 9.17) is 10.5 Å². The van der Waals surface area contributed by atoms with E-state index in [9.17, 15) is 15.0 Å². The number of rotatable bonds is 6. The van der Waals surface area contributed by atoms with Crippen molar-refractivity contribution in [3.63, 3.8) is 0 Å². The number of hydrogen-bond acceptors (Lipinski definition) is 6. The zero-order valence-corrected chi connectivity index (χ0v) is 8.63. The summed E-state index contributed by atoms with van der Waals surface area (Å²) in [7, 11) is 0. The zero-order chi connectivity index (χ0) is 12.0. The van der Waals surface area contributed by atoms with Gasteiger partial charge in [-0.2, -0.15) is 0 Å². The summed E-state index contributed by atoms with van der Waals surface area (Å²) >= 11 is 0. The van der Waals surface area contributed by atoms with Crippen LogP contribution in [0.15, 0.2) is 12.1 Å². The highest BCUT2D eigenvalue weighted by Crippen LogP contribution is 2.18. The van der Waals surface area contributed by atoms with Gasteiger partial charge < -0.3 is 25.5 Å². The second kappa shape index (κ2) is 5.99. The van der Waals surface area contributed by atoms with Crippen LogP contribution in [-0.4, -0.2) is 34.3 Å². The Morgan fingerprint density at radius 1 is 1.38 bits per heavy atom. The Morgan fingerprint density at radius 2 is 2.00 bits per heavy atom. The Balaban J connectivity index is 2.34. The van der Waals surface area contributed by atoms with Crippen LogP contribution in [0.2, 0.25) is 0 Å². The molecule has 0 fully saturated rings. The lowest BCUT2D eigenvalue weighted by atomic mass is 10.3. The molecule has 7 heteroatoms. The molecule has 7 nitrogen and oxygen atoms in total. The highest BCUT2D eigenvalue weighted by molar-refractivity contribution is 5.69. The van der Waals surface area contributed by atoms with Crippen LogP contribution in [0.1, 0.15) is 12.8 Å². The lowest BCUT2D eigenvalue weighted by molar-refractivity contribution is -0.145. The number of aromatic hydroxyl groups is 2. The largest absolute Gasteiger partial charge is 0.492 e. The van der Waals surface area contributed by atoms with Gasteiger partial charge in [-0.15, -0.1) is 4.73 Å². The molecule has 16 heavy (non-hydrogen) atoms. The minimum absolute atomic E-state index is 0.105. The Hall–Kier alpha value is -1.73. The molecule has 0 unspecified atom stereocenters. The summed E-state index contributed by atoms with van der Waals surface area (Å²) in [5.74, 6) is -1.27. The Bertz CT molecular complexity index is 330. The first-order valence-corrected chi connectivity index (χ1v) is 4.74. The first-order valence-electron chi connectivity index (χ1n) is 4.74. The van der Waals surface area contributed by atoms with E-state index in [1.807, 2.05) is 0 Å². The van der Waals surface area contributed by atoms with Crippen LogP contribution in [0.25, 0.3) is 0 Å². The van der Waals surface area contributed by atoms with Crippen LogP contribution in [0.5, 0.6) is 11.8 Å². The normalized spacial score (nSPS) is 10.3. The van der Waals surface area contributed by atoms with Gasteiger partial charge in [-0.05, 0) is 6.42 Å². The van der Waals surface area contributed by atoms with Gasteiger partial charge in [0.2, 0.25) is 11.8 Å². The standard InChI is InChI=1S/C9H14N2O5/c10-6-15-5-1-2-9(14)16-11-7(12)3-4-8(11)13/h3-4,12-13H,1-2,5-6,10H2. The van der Waals surface area contributed by atoms with Crippen molar-refractivity contribution < 1.29 is 24.6 Å².